The Labute approximate surface area is 116 Å². The number of benzene rings is 2. The Morgan fingerprint density at radius 1 is 1.00 bits per heavy atom. The normalized spacial score (nSPS) is 12.4. The van der Waals surface area contributed by atoms with Crippen molar-refractivity contribution < 1.29 is 8.78 Å². The van der Waals surface area contributed by atoms with Gasteiger partial charge in [-0.2, -0.15) is 0 Å². The lowest BCUT2D eigenvalue weighted by atomic mass is 9.92. The van der Waals surface area contributed by atoms with Crippen LogP contribution in [-0.2, 0) is 6.42 Å². The summed E-state index contributed by atoms with van der Waals surface area (Å²) >= 11 is 5.83. The molecule has 2 aromatic rings. The van der Waals surface area contributed by atoms with Crippen LogP contribution in [0.15, 0.2) is 42.5 Å². The highest BCUT2D eigenvalue weighted by Crippen LogP contribution is 2.22. The smallest absolute Gasteiger partial charge is 0.126 e. The first kappa shape index (κ1) is 14.0. The molecule has 2 rings (SSSR count). The second kappa shape index (κ2) is 6.13. The number of hydrogen-bond acceptors (Lipinski definition) is 1. The van der Waals surface area contributed by atoms with E-state index in [1.807, 2.05) is 12.1 Å². The minimum atomic E-state index is -0.568. The molecular formula is C15H14ClF2N. The zero-order valence-electron chi connectivity index (χ0n) is 10.2. The minimum absolute atomic E-state index is 0.0125. The largest absolute Gasteiger partial charge is 0.330 e. The van der Waals surface area contributed by atoms with Gasteiger partial charge in [0.05, 0.1) is 0 Å². The van der Waals surface area contributed by atoms with Gasteiger partial charge in [0.2, 0.25) is 0 Å². The molecule has 0 spiro atoms. The van der Waals surface area contributed by atoms with Gasteiger partial charge >= 0.3 is 0 Å². The van der Waals surface area contributed by atoms with E-state index in [1.165, 1.54) is 12.1 Å². The molecule has 0 bridgehead atoms. The summed E-state index contributed by atoms with van der Waals surface area (Å²) in [6.45, 7) is 0.403. The molecule has 4 heteroatoms. The fourth-order valence-corrected chi connectivity index (χ4v) is 2.21. The monoisotopic (exact) mass is 281 g/mol. The molecule has 2 aromatic carbocycles. The second-order valence-electron chi connectivity index (χ2n) is 4.47. The number of nitrogens with two attached hydrogens (primary N) is 1. The van der Waals surface area contributed by atoms with Crippen LogP contribution < -0.4 is 5.73 Å². The lowest BCUT2D eigenvalue weighted by Gasteiger charge is -2.15. The Hall–Kier alpha value is -1.45. The molecule has 2 N–H and O–H groups in total. The Morgan fingerprint density at radius 2 is 1.58 bits per heavy atom. The van der Waals surface area contributed by atoms with Crippen LogP contribution in [0.25, 0.3) is 0 Å². The van der Waals surface area contributed by atoms with E-state index in [2.05, 4.69) is 0 Å². The average Bonchev–Trinajstić information content (AvgIpc) is 2.36. The van der Waals surface area contributed by atoms with Crippen molar-refractivity contribution >= 4 is 11.6 Å². The van der Waals surface area contributed by atoms with Gasteiger partial charge in [0.25, 0.3) is 0 Å². The van der Waals surface area contributed by atoms with E-state index in [-0.39, 0.29) is 5.92 Å². The maximum Gasteiger partial charge on any atom is 0.126 e. The van der Waals surface area contributed by atoms with Crippen molar-refractivity contribution in [2.45, 2.75) is 12.3 Å². The number of rotatable bonds is 4. The summed E-state index contributed by atoms with van der Waals surface area (Å²) in [6, 6.07) is 10.9. The second-order valence-corrected chi connectivity index (χ2v) is 4.90. The van der Waals surface area contributed by atoms with Gasteiger partial charge in [-0.05, 0) is 48.4 Å². The highest BCUT2D eigenvalue weighted by molar-refractivity contribution is 6.30. The van der Waals surface area contributed by atoms with Crippen molar-refractivity contribution in [1.29, 1.82) is 0 Å². The highest BCUT2D eigenvalue weighted by Gasteiger charge is 2.12. The van der Waals surface area contributed by atoms with Gasteiger partial charge in [-0.3, -0.25) is 0 Å². The van der Waals surface area contributed by atoms with Crippen LogP contribution in [0, 0.1) is 11.6 Å². The first-order valence-electron chi connectivity index (χ1n) is 5.99. The third-order valence-electron chi connectivity index (χ3n) is 3.03. The van der Waals surface area contributed by atoms with Crippen LogP contribution in [0.3, 0.4) is 0 Å². The molecule has 0 aliphatic rings. The maximum absolute atomic E-state index is 13.1. The molecule has 0 aromatic heterocycles. The van der Waals surface area contributed by atoms with Crippen molar-refractivity contribution in [3.05, 3.63) is 70.2 Å². The predicted octanol–water partition coefficient (Wildman–Crippen LogP) is 3.90. The lowest BCUT2D eigenvalue weighted by Crippen LogP contribution is -2.15. The van der Waals surface area contributed by atoms with Crippen LogP contribution in [0.5, 0.6) is 0 Å². The summed E-state index contributed by atoms with van der Waals surface area (Å²) in [5, 5.41) is 0.649. The average molecular weight is 282 g/mol. The Morgan fingerprint density at radius 3 is 2.11 bits per heavy atom. The molecule has 0 heterocycles. The fraction of sp³-hybridized carbons (Fsp3) is 0.200. The molecule has 0 amide bonds. The molecule has 0 saturated heterocycles. The zero-order chi connectivity index (χ0) is 13.8. The van der Waals surface area contributed by atoms with Crippen LogP contribution in [-0.4, -0.2) is 6.54 Å². The molecule has 19 heavy (non-hydrogen) atoms. The quantitative estimate of drug-likeness (QED) is 0.904. The SMILES string of the molecule is NCC(Cc1cc(F)cc(F)c1)c1ccc(Cl)cc1. The highest BCUT2D eigenvalue weighted by atomic mass is 35.5. The summed E-state index contributed by atoms with van der Waals surface area (Å²) in [5.41, 5.74) is 7.36. The van der Waals surface area contributed by atoms with Crippen LogP contribution in [0.1, 0.15) is 17.0 Å². The van der Waals surface area contributed by atoms with Gasteiger partial charge in [0.1, 0.15) is 11.6 Å². The molecule has 0 fully saturated rings. The standard InChI is InChI=1S/C15H14ClF2N/c16-13-3-1-11(2-4-13)12(9-19)5-10-6-14(17)8-15(18)7-10/h1-4,6-8,12H,5,9,19H2. The summed E-state index contributed by atoms with van der Waals surface area (Å²) in [4.78, 5) is 0. The van der Waals surface area contributed by atoms with Crippen molar-refractivity contribution in [3.63, 3.8) is 0 Å². The van der Waals surface area contributed by atoms with Crippen molar-refractivity contribution in [3.8, 4) is 0 Å². The van der Waals surface area contributed by atoms with Gasteiger partial charge in [0, 0.05) is 17.0 Å². The maximum atomic E-state index is 13.1. The summed E-state index contributed by atoms with van der Waals surface area (Å²) in [6.07, 6.45) is 0.493. The zero-order valence-corrected chi connectivity index (χ0v) is 11.0. The predicted molar refractivity (Wildman–Crippen MR) is 73.3 cm³/mol. The molecule has 1 nitrogen and oxygen atoms in total. The Bertz CT molecular complexity index is 534. The van der Waals surface area contributed by atoms with Gasteiger partial charge < -0.3 is 5.73 Å². The Balaban J connectivity index is 2.21. The van der Waals surface area contributed by atoms with Gasteiger partial charge in [-0.25, -0.2) is 8.78 Å². The van der Waals surface area contributed by atoms with E-state index >= 15 is 0 Å². The summed E-state index contributed by atoms with van der Waals surface area (Å²) < 4.78 is 26.3. The van der Waals surface area contributed by atoms with E-state index < -0.39 is 11.6 Å². The fourth-order valence-electron chi connectivity index (χ4n) is 2.09. The van der Waals surface area contributed by atoms with E-state index in [1.54, 1.807) is 12.1 Å². The third-order valence-corrected chi connectivity index (χ3v) is 3.28. The van der Waals surface area contributed by atoms with Crippen molar-refractivity contribution in [1.82, 2.24) is 0 Å². The van der Waals surface area contributed by atoms with Gasteiger partial charge in [-0.1, -0.05) is 23.7 Å². The van der Waals surface area contributed by atoms with E-state index in [4.69, 9.17) is 17.3 Å². The molecule has 100 valence electrons. The molecular weight excluding hydrogens is 268 g/mol. The summed E-state index contributed by atoms with van der Waals surface area (Å²) in [7, 11) is 0. The third kappa shape index (κ3) is 3.75. The molecule has 1 atom stereocenters. The Kier molecular flexibility index (Phi) is 4.51. The van der Waals surface area contributed by atoms with E-state index in [0.29, 0.717) is 23.6 Å². The first-order valence-corrected chi connectivity index (χ1v) is 6.37. The van der Waals surface area contributed by atoms with E-state index in [9.17, 15) is 8.78 Å². The lowest BCUT2D eigenvalue weighted by molar-refractivity contribution is 0.575. The van der Waals surface area contributed by atoms with E-state index in [0.717, 1.165) is 11.6 Å². The molecule has 1 unspecified atom stereocenters. The van der Waals surface area contributed by atoms with Crippen molar-refractivity contribution in [2.24, 2.45) is 5.73 Å². The number of hydrogen-bond donors (Lipinski definition) is 1. The molecule has 0 saturated carbocycles. The molecule has 0 aliphatic heterocycles. The van der Waals surface area contributed by atoms with Crippen LogP contribution in [0.2, 0.25) is 5.02 Å². The first-order chi connectivity index (χ1) is 9.08. The van der Waals surface area contributed by atoms with Crippen molar-refractivity contribution in [2.75, 3.05) is 6.54 Å². The van der Waals surface area contributed by atoms with Gasteiger partial charge in [-0.15, -0.1) is 0 Å². The molecule has 0 aliphatic carbocycles. The van der Waals surface area contributed by atoms with Crippen LogP contribution in [0.4, 0.5) is 8.78 Å². The van der Waals surface area contributed by atoms with Crippen LogP contribution >= 0.6 is 11.6 Å². The minimum Gasteiger partial charge on any atom is -0.330 e. The topological polar surface area (TPSA) is 26.0 Å². The summed E-state index contributed by atoms with van der Waals surface area (Å²) in [5.74, 6) is -1.12. The van der Waals surface area contributed by atoms with Gasteiger partial charge in [0.15, 0.2) is 0 Å². The number of halogens is 3. The molecule has 0 radical (unpaired) electrons.